The molecule has 0 saturated carbocycles. The molecule has 4 nitrogen and oxygen atoms in total. The monoisotopic (exact) mass is 371 g/mol. The Labute approximate surface area is 145 Å². The van der Waals surface area contributed by atoms with Crippen molar-refractivity contribution in [2.45, 2.75) is 22.0 Å². The highest BCUT2D eigenvalue weighted by molar-refractivity contribution is 7.92. The zero-order valence-corrected chi connectivity index (χ0v) is 14.6. The number of rotatable bonds is 5. The first-order valence-corrected chi connectivity index (χ1v) is 9.19. The molecule has 7 heteroatoms. The second-order valence-electron chi connectivity index (χ2n) is 4.95. The molecule has 1 N–H and O–H groups in total. The summed E-state index contributed by atoms with van der Waals surface area (Å²) < 4.78 is 25.3. The number of alkyl halides is 2. The number of sulfone groups is 1. The first-order valence-electron chi connectivity index (χ1n) is 6.77. The minimum Gasteiger partial charge on any atom is -0.333 e. The predicted molar refractivity (Wildman–Crippen MR) is 91.6 cm³/mol. The van der Waals surface area contributed by atoms with Gasteiger partial charge in [0, 0.05) is 5.56 Å². The van der Waals surface area contributed by atoms with E-state index < -0.39 is 26.0 Å². The van der Waals surface area contributed by atoms with Crippen LogP contribution in [0.3, 0.4) is 0 Å². The van der Waals surface area contributed by atoms with Gasteiger partial charge in [0.2, 0.25) is 9.84 Å². The molecule has 0 saturated heterocycles. The summed E-state index contributed by atoms with van der Waals surface area (Å²) in [5, 5.41) is 0.952. The number of nitrogens with one attached hydrogen (secondary N) is 1. The predicted octanol–water partition coefficient (Wildman–Crippen LogP) is 3.33. The molecule has 23 heavy (non-hydrogen) atoms. The highest BCUT2D eigenvalue weighted by atomic mass is 35.5. The van der Waals surface area contributed by atoms with E-state index in [0.29, 0.717) is 5.56 Å². The van der Waals surface area contributed by atoms with E-state index >= 15 is 0 Å². The lowest BCUT2D eigenvalue weighted by molar-refractivity contribution is 0.0949. The average Bonchev–Trinajstić information content (AvgIpc) is 2.53. The molecule has 0 fully saturated rings. The maximum atomic E-state index is 12.7. The number of carbonyl (C=O) groups is 1. The summed E-state index contributed by atoms with van der Waals surface area (Å²) in [7, 11) is -3.92. The quantitative estimate of drug-likeness (QED) is 0.819. The molecule has 2 aromatic rings. The van der Waals surface area contributed by atoms with E-state index in [0.717, 1.165) is 5.56 Å². The van der Waals surface area contributed by atoms with Crippen molar-refractivity contribution in [2.24, 2.45) is 0 Å². The normalized spacial score (nSPS) is 12.9. The highest BCUT2D eigenvalue weighted by Crippen LogP contribution is 2.22. The summed E-state index contributed by atoms with van der Waals surface area (Å²) >= 11 is 11.6. The van der Waals surface area contributed by atoms with Crippen LogP contribution in [0.15, 0.2) is 59.5 Å². The minimum atomic E-state index is -3.92. The van der Waals surface area contributed by atoms with Crippen molar-refractivity contribution in [1.29, 1.82) is 0 Å². The molecule has 122 valence electrons. The van der Waals surface area contributed by atoms with Crippen molar-refractivity contribution in [3.63, 3.8) is 0 Å². The molecule has 0 radical (unpaired) electrons. The van der Waals surface area contributed by atoms with Crippen molar-refractivity contribution in [3.8, 4) is 0 Å². The van der Waals surface area contributed by atoms with Gasteiger partial charge >= 0.3 is 0 Å². The van der Waals surface area contributed by atoms with E-state index in [4.69, 9.17) is 23.2 Å². The number of hydrogen-bond donors (Lipinski definition) is 1. The zero-order valence-electron chi connectivity index (χ0n) is 12.2. The number of halogens is 2. The van der Waals surface area contributed by atoms with Crippen LogP contribution in [0.4, 0.5) is 0 Å². The van der Waals surface area contributed by atoms with Crippen molar-refractivity contribution in [2.75, 3.05) is 0 Å². The van der Waals surface area contributed by atoms with Crippen LogP contribution in [0, 0.1) is 6.92 Å². The van der Waals surface area contributed by atoms with Gasteiger partial charge in [-0.1, -0.05) is 35.9 Å². The third-order valence-corrected chi connectivity index (χ3v) is 6.01. The molecule has 2 aromatic carbocycles. The highest BCUT2D eigenvalue weighted by Gasteiger charge is 2.34. The van der Waals surface area contributed by atoms with Gasteiger partial charge in [0.15, 0.2) is 5.37 Å². The molecule has 1 amide bonds. The lowest BCUT2D eigenvalue weighted by atomic mass is 10.2. The van der Waals surface area contributed by atoms with Crippen LogP contribution >= 0.6 is 23.2 Å². The van der Waals surface area contributed by atoms with Gasteiger partial charge in [-0.25, -0.2) is 8.42 Å². The van der Waals surface area contributed by atoms with E-state index in [1.165, 1.54) is 12.1 Å². The summed E-state index contributed by atoms with van der Waals surface area (Å²) in [5.41, 5.74) is 1.24. The Bertz CT molecular complexity index is 775. The lowest BCUT2D eigenvalue weighted by Gasteiger charge is -2.20. The smallest absolute Gasteiger partial charge is 0.252 e. The Balaban J connectivity index is 2.31. The third kappa shape index (κ3) is 4.25. The molecule has 0 aliphatic carbocycles. The van der Waals surface area contributed by atoms with Gasteiger partial charge in [-0.15, -0.1) is 23.2 Å². The first kappa shape index (κ1) is 17.8. The standard InChI is InChI=1S/C16H15Cl2NO3S/c1-11-7-9-13(10-8-11)23(21,22)16(14(17)18)19-15(20)12-5-3-2-4-6-12/h2-10,14,16H,1H3,(H,19,20). The van der Waals surface area contributed by atoms with Crippen molar-refractivity contribution in [1.82, 2.24) is 5.32 Å². The van der Waals surface area contributed by atoms with Crippen LogP contribution in [-0.4, -0.2) is 24.5 Å². The summed E-state index contributed by atoms with van der Waals surface area (Å²) in [6.45, 7) is 1.84. The van der Waals surface area contributed by atoms with Crippen LogP contribution in [-0.2, 0) is 9.84 Å². The molecule has 0 spiro atoms. The van der Waals surface area contributed by atoms with Crippen LogP contribution in [0.5, 0.6) is 0 Å². The Morgan fingerprint density at radius 2 is 1.57 bits per heavy atom. The molecule has 0 aliphatic rings. The largest absolute Gasteiger partial charge is 0.333 e. The van der Waals surface area contributed by atoms with Crippen LogP contribution in [0.1, 0.15) is 15.9 Å². The first-order chi connectivity index (χ1) is 10.8. The number of amides is 1. The van der Waals surface area contributed by atoms with Gasteiger partial charge in [0.25, 0.3) is 5.91 Å². The fourth-order valence-electron chi connectivity index (χ4n) is 1.95. The number of benzene rings is 2. The van der Waals surface area contributed by atoms with Gasteiger partial charge in [-0.2, -0.15) is 0 Å². The van der Waals surface area contributed by atoms with E-state index in [1.54, 1.807) is 42.5 Å². The third-order valence-electron chi connectivity index (χ3n) is 3.22. The average molecular weight is 372 g/mol. The fraction of sp³-hybridized carbons (Fsp3) is 0.188. The van der Waals surface area contributed by atoms with E-state index in [-0.39, 0.29) is 4.90 Å². The topological polar surface area (TPSA) is 63.2 Å². The van der Waals surface area contributed by atoms with Crippen molar-refractivity contribution >= 4 is 38.9 Å². The minimum absolute atomic E-state index is 0.0489. The van der Waals surface area contributed by atoms with Gasteiger partial charge < -0.3 is 5.32 Å². The van der Waals surface area contributed by atoms with Crippen LogP contribution in [0.2, 0.25) is 0 Å². The van der Waals surface area contributed by atoms with E-state index in [9.17, 15) is 13.2 Å². The molecule has 0 heterocycles. The lowest BCUT2D eigenvalue weighted by Crippen LogP contribution is -2.45. The molecule has 0 aromatic heterocycles. The number of hydrogen-bond acceptors (Lipinski definition) is 3. The van der Waals surface area contributed by atoms with E-state index in [2.05, 4.69) is 5.32 Å². The van der Waals surface area contributed by atoms with Crippen molar-refractivity contribution < 1.29 is 13.2 Å². The van der Waals surface area contributed by atoms with Crippen LogP contribution < -0.4 is 5.32 Å². The second kappa shape index (κ2) is 7.34. The van der Waals surface area contributed by atoms with Crippen LogP contribution in [0.25, 0.3) is 0 Å². The Hall–Kier alpha value is -1.56. The summed E-state index contributed by atoms with van der Waals surface area (Å²) in [5.74, 6) is -0.558. The molecular weight excluding hydrogens is 357 g/mol. The van der Waals surface area contributed by atoms with Gasteiger partial charge in [0.05, 0.1) is 4.90 Å². The molecule has 1 atom stereocenters. The maximum Gasteiger partial charge on any atom is 0.252 e. The number of carbonyl (C=O) groups excluding carboxylic acids is 1. The molecule has 0 aliphatic heterocycles. The molecule has 1 unspecified atom stereocenters. The summed E-state index contributed by atoms with van der Waals surface area (Å²) in [4.78, 5) is 10.9. The Morgan fingerprint density at radius 3 is 2.09 bits per heavy atom. The zero-order chi connectivity index (χ0) is 17.0. The van der Waals surface area contributed by atoms with Gasteiger partial charge in [0.1, 0.15) is 4.84 Å². The second-order valence-corrected chi connectivity index (χ2v) is 8.19. The van der Waals surface area contributed by atoms with Crippen molar-refractivity contribution in [3.05, 3.63) is 65.7 Å². The summed E-state index contributed by atoms with van der Waals surface area (Å²) in [6.07, 6.45) is 0. The Morgan fingerprint density at radius 1 is 1.00 bits per heavy atom. The maximum absolute atomic E-state index is 12.7. The SMILES string of the molecule is Cc1ccc(S(=O)(=O)C(NC(=O)c2ccccc2)C(Cl)Cl)cc1. The van der Waals surface area contributed by atoms with Gasteiger partial charge in [-0.3, -0.25) is 4.79 Å². The van der Waals surface area contributed by atoms with Gasteiger partial charge in [-0.05, 0) is 31.2 Å². The number of aryl methyl sites for hydroxylation is 1. The fourth-order valence-corrected chi connectivity index (χ4v) is 4.23. The molecule has 0 bridgehead atoms. The summed E-state index contributed by atoms with van der Waals surface area (Å²) in [6, 6.07) is 14.5. The molecular formula is C16H15Cl2NO3S. The van der Waals surface area contributed by atoms with E-state index in [1.807, 2.05) is 6.92 Å². The Kier molecular flexibility index (Phi) is 5.68. The molecule has 2 rings (SSSR count).